The molecule has 0 saturated heterocycles. The van der Waals surface area contributed by atoms with Crippen LogP contribution in [0.3, 0.4) is 0 Å². The number of unbranched alkanes of at least 4 members (excludes halogenated alkanes) is 2. The molecule has 0 unspecified atom stereocenters. The Kier molecular flexibility index (Phi) is 7.07. The topological polar surface area (TPSA) is 84.7 Å². The molecule has 0 atom stereocenters. The summed E-state index contributed by atoms with van der Waals surface area (Å²) in [6, 6.07) is 2.13. The molecule has 5 nitrogen and oxygen atoms in total. The molecule has 0 spiro atoms. The van der Waals surface area contributed by atoms with Gasteiger partial charge in [0.15, 0.2) is 0 Å². The Morgan fingerprint density at radius 1 is 1.33 bits per heavy atom. The van der Waals surface area contributed by atoms with Crippen LogP contribution in [-0.4, -0.2) is 36.3 Å². The molecule has 1 aliphatic heterocycles. The quantitative estimate of drug-likeness (QED) is 0.597. The van der Waals surface area contributed by atoms with E-state index in [1.54, 1.807) is 11.3 Å². The van der Waals surface area contributed by atoms with Gasteiger partial charge in [0.1, 0.15) is 5.84 Å². The monoisotopic (exact) mass is 388 g/mol. The SMILES string of the molecule is CCCN(CC1CC1)C(=O)C1=Cc2sc(CCCCCN)cc2N=C(N)C1. The number of nitrogens with two attached hydrogens (primary N) is 2. The summed E-state index contributed by atoms with van der Waals surface area (Å²) >= 11 is 1.74. The Bertz CT molecular complexity index is 718. The number of thiophene rings is 1. The van der Waals surface area contributed by atoms with E-state index in [0.29, 0.717) is 18.2 Å². The lowest BCUT2D eigenvalue weighted by atomic mass is 10.1. The van der Waals surface area contributed by atoms with Crippen LogP contribution in [-0.2, 0) is 11.2 Å². The van der Waals surface area contributed by atoms with Crippen LogP contribution < -0.4 is 11.5 Å². The van der Waals surface area contributed by atoms with E-state index >= 15 is 0 Å². The van der Waals surface area contributed by atoms with Crippen molar-refractivity contribution in [3.8, 4) is 0 Å². The van der Waals surface area contributed by atoms with Gasteiger partial charge in [0.05, 0.1) is 10.6 Å². The summed E-state index contributed by atoms with van der Waals surface area (Å²) in [5, 5.41) is 0. The molecule has 0 radical (unpaired) electrons. The summed E-state index contributed by atoms with van der Waals surface area (Å²) in [5.74, 6) is 1.35. The number of carbonyl (C=O) groups excluding carboxylic acids is 1. The summed E-state index contributed by atoms with van der Waals surface area (Å²) in [7, 11) is 0. The third kappa shape index (κ3) is 5.66. The molecule has 1 amide bonds. The summed E-state index contributed by atoms with van der Waals surface area (Å²) < 4.78 is 0. The average molecular weight is 389 g/mol. The van der Waals surface area contributed by atoms with E-state index in [2.05, 4.69) is 18.0 Å². The maximum Gasteiger partial charge on any atom is 0.250 e. The molecule has 0 aromatic carbocycles. The van der Waals surface area contributed by atoms with E-state index in [1.165, 1.54) is 17.7 Å². The molecule has 1 fully saturated rings. The highest BCUT2D eigenvalue weighted by molar-refractivity contribution is 7.13. The number of fused-ring (bicyclic) bond motifs is 1. The minimum absolute atomic E-state index is 0.132. The Morgan fingerprint density at radius 3 is 2.85 bits per heavy atom. The van der Waals surface area contributed by atoms with Crippen LogP contribution in [0.2, 0.25) is 0 Å². The third-order valence-electron chi connectivity index (χ3n) is 5.09. The smallest absolute Gasteiger partial charge is 0.250 e. The molecule has 6 heteroatoms. The Balaban J connectivity index is 1.75. The number of rotatable bonds is 10. The van der Waals surface area contributed by atoms with Crippen molar-refractivity contribution in [3.63, 3.8) is 0 Å². The van der Waals surface area contributed by atoms with Crippen molar-refractivity contribution in [1.29, 1.82) is 0 Å². The van der Waals surface area contributed by atoms with E-state index in [-0.39, 0.29) is 5.91 Å². The van der Waals surface area contributed by atoms with Gasteiger partial charge < -0.3 is 16.4 Å². The fourth-order valence-corrected chi connectivity index (χ4v) is 4.59. The van der Waals surface area contributed by atoms with Crippen LogP contribution in [0.5, 0.6) is 0 Å². The highest BCUT2D eigenvalue weighted by Crippen LogP contribution is 2.36. The van der Waals surface area contributed by atoms with Gasteiger partial charge in [-0.1, -0.05) is 13.3 Å². The first-order valence-electron chi connectivity index (χ1n) is 10.3. The van der Waals surface area contributed by atoms with Gasteiger partial charge >= 0.3 is 0 Å². The predicted octanol–water partition coefficient (Wildman–Crippen LogP) is 3.84. The lowest BCUT2D eigenvalue weighted by Gasteiger charge is -2.23. The molecule has 1 aliphatic carbocycles. The van der Waals surface area contributed by atoms with Gasteiger partial charge in [0.25, 0.3) is 0 Å². The standard InChI is InChI=1S/C21H32N4OS/c1-2-10-25(14-15-7-8-15)21(26)16-11-19-18(24-20(23)12-16)13-17(27-19)6-4-3-5-9-22/h11,13,15H,2-10,12,14,22H2,1H3,(H2,23,24). The molecule has 4 N–H and O–H groups in total. The number of hydrogen-bond acceptors (Lipinski definition) is 5. The van der Waals surface area contributed by atoms with Crippen LogP contribution in [0, 0.1) is 5.92 Å². The van der Waals surface area contributed by atoms with Crippen LogP contribution in [0.15, 0.2) is 16.6 Å². The van der Waals surface area contributed by atoms with Crippen LogP contribution in [0.1, 0.15) is 61.6 Å². The van der Waals surface area contributed by atoms with E-state index < -0.39 is 0 Å². The second kappa shape index (κ2) is 9.51. The second-order valence-corrected chi connectivity index (χ2v) is 8.87. The summed E-state index contributed by atoms with van der Waals surface area (Å²) in [6.45, 7) is 4.57. The third-order valence-corrected chi connectivity index (χ3v) is 6.22. The molecule has 2 aliphatic rings. The number of aliphatic imine (C=N–C) groups is 1. The first-order valence-corrected chi connectivity index (χ1v) is 11.1. The van der Waals surface area contributed by atoms with Gasteiger partial charge in [-0.2, -0.15) is 0 Å². The van der Waals surface area contributed by atoms with Gasteiger partial charge in [-0.3, -0.25) is 4.79 Å². The number of carbonyl (C=O) groups is 1. The average Bonchev–Trinajstić information content (AvgIpc) is 3.41. The highest BCUT2D eigenvalue weighted by Gasteiger charge is 2.28. The number of aryl methyl sites for hydroxylation is 1. The summed E-state index contributed by atoms with van der Waals surface area (Å²) in [5.41, 5.74) is 13.4. The summed E-state index contributed by atoms with van der Waals surface area (Å²) in [6.07, 6.45) is 10.3. The minimum Gasteiger partial charge on any atom is -0.387 e. The lowest BCUT2D eigenvalue weighted by Crippen LogP contribution is -2.35. The normalized spacial score (nSPS) is 16.4. The van der Waals surface area contributed by atoms with Gasteiger partial charge in [0, 0.05) is 30.0 Å². The van der Waals surface area contributed by atoms with E-state index in [0.717, 1.165) is 67.9 Å². The molecule has 148 valence electrons. The lowest BCUT2D eigenvalue weighted by molar-refractivity contribution is -0.127. The Morgan fingerprint density at radius 2 is 2.15 bits per heavy atom. The maximum atomic E-state index is 13.2. The number of amidine groups is 1. The number of nitrogens with zero attached hydrogens (tertiary/aromatic N) is 2. The van der Waals surface area contributed by atoms with Crippen LogP contribution in [0.25, 0.3) is 6.08 Å². The van der Waals surface area contributed by atoms with Gasteiger partial charge in [-0.15, -0.1) is 11.3 Å². The zero-order valence-corrected chi connectivity index (χ0v) is 17.2. The van der Waals surface area contributed by atoms with E-state index in [9.17, 15) is 4.79 Å². The molecule has 0 bridgehead atoms. The Labute approximate surface area is 166 Å². The molecule has 1 saturated carbocycles. The molecule has 3 rings (SSSR count). The van der Waals surface area contributed by atoms with Gasteiger partial charge in [-0.25, -0.2) is 4.99 Å². The van der Waals surface area contributed by atoms with Crippen LogP contribution >= 0.6 is 11.3 Å². The summed E-state index contributed by atoms with van der Waals surface area (Å²) in [4.78, 5) is 22.1. The first kappa shape index (κ1) is 20.1. The number of hydrogen-bond donors (Lipinski definition) is 2. The van der Waals surface area contributed by atoms with Crippen molar-refractivity contribution in [2.24, 2.45) is 22.4 Å². The largest absolute Gasteiger partial charge is 0.387 e. The highest BCUT2D eigenvalue weighted by atomic mass is 32.1. The van der Waals surface area contributed by atoms with Crippen molar-refractivity contribution in [2.45, 2.75) is 58.3 Å². The Hall–Kier alpha value is -1.66. The fraction of sp³-hybridized carbons (Fsp3) is 0.619. The van der Waals surface area contributed by atoms with Crippen molar-refractivity contribution >= 4 is 34.8 Å². The number of amides is 1. The second-order valence-electron chi connectivity index (χ2n) is 7.71. The molecular weight excluding hydrogens is 356 g/mol. The van der Waals surface area contributed by atoms with Gasteiger partial charge in [0.2, 0.25) is 5.91 Å². The minimum atomic E-state index is 0.132. The predicted molar refractivity (Wildman–Crippen MR) is 114 cm³/mol. The van der Waals surface area contributed by atoms with Crippen molar-refractivity contribution in [3.05, 3.63) is 21.4 Å². The van der Waals surface area contributed by atoms with E-state index in [1.807, 2.05) is 11.0 Å². The van der Waals surface area contributed by atoms with Crippen molar-refractivity contribution < 1.29 is 4.79 Å². The molecular formula is C21H32N4OS. The fourth-order valence-electron chi connectivity index (χ4n) is 3.48. The maximum absolute atomic E-state index is 13.2. The van der Waals surface area contributed by atoms with E-state index in [4.69, 9.17) is 11.5 Å². The zero-order chi connectivity index (χ0) is 19.2. The molecule has 1 aromatic rings. The van der Waals surface area contributed by atoms with Crippen LogP contribution in [0.4, 0.5) is 5.69 Å². The molecule has 1 aromatic heterocycles. The first-order chi connectivity index (χ1) is 13.1. The molecule has 2 heterocycles. The van der Waals surface area contributed by atoms with Crippen molar-refractivity contribution in [2.75, 3.05) is 19.6 Å². The van der Waals surface area contributed by atoms with Gasteiger partial charge in [-0.05, 0) is 63.1 Å². The molecule has 27 heavy (non-hydrogen) atoms. The zero-order valence-electron chi connectivity index (χ0n) is 16.4. The van der Waals surface area contributed by atoms with Crippen molar-refractivity contribution in [1.82, 2.24) is 4.90 Å².